The maximum absolute atomic E-state index is 12.4. The van der Waals surface area contributed by atoms with Crippen LogP contribution >= 0.6 is 23.2 Å². The summed E-state index contributed by atoms with van der Waals surface area (Å²) in [6, 6.07) is 4.69. The number of rotatable bonds is 3. The third kappa shape index (κ3) is 3.81. The fourth-order valence-corrected chi connectivity index (χ4v) is 3.20. The second kappa shape index (κ2) is 6.71. The van der Waals surface area contributed by atoms with E-state index in [1.807, 2.05) is 13.8 Å². The molecule has 1 amide bonds. The lowest BCUT2D eigenvalue weighted by molar-refractivity contribution is -0.313. The third-order valence-electron chi connectivity index (χ3n) is 4.04. The minimum Gasteiger partial charge on any atom is -0.550 e. The Kier molecular flexibility index (Phi) is 5.14. The summed E-state index contributed by atoms with van der Waals surface area (Å²) in [4.78, 5) is 23.8. The van der Waals surface area contributed by atoms with Gasteiger partial charge in [-0.15, -0.1) is 0 Å². The van der Waals surface area contributed by atoms with E-state index in [1.54, 1.807) is 18.2 Å². The Morgan fingerprint density at radius 2 is 1.55 bits per heavy atom. The minimum absolute atomic E-state index is 0.336. The third-order valence-corrected chi connectivity index (χ3v) is 4.47. The fraction of sp³-hybridized carbons (Fsp3) is 0.375. The number of amides is 1. The number of aliphatic carboxylic acids is 1. The zero-order valence-corrected chi connectivity index (χ0v) is 13.8. The van der Waals surface area contributed by atoms with E-state index < -0.39 is 17.8 Å². The molecule has 2 rings (SSSR count). The predicted molar refractivity (Wildman–Crippen MR) is 84.7 cm³/mol. The van der Waals surface area contributed by atoms with Gasteiger partial charge in [-0.2, -0.15) is 0 Å². The van der Waals surface area contributed by atoms with Crippen molar-refractivity contribution in [2.45, 2.75) is 26.7 Å². The van der Waals surface area contributed by atoms with Crippen molar-refractivity contribution in [3.8, 4) is 0 Å². The van der Waals surface area contributed by atoms with Crippen molar-refractivity contribution in [1.82, 2.24) is 0 Å². The Balaban J connectivity index is 2.21. The van der Waals surface area contributed by atoms with Crippen LogP contribution in [0.4, 0.5) is 5.69 Å². The van der Waals surface area contributed by atoms with Crippen LogP contribution in [-0.4, -0.2) is 11.9 Å². The molecular formula is C16H16Cl2NO3-. The van der Waals surface area contributed by atoms with Gasteiger partial charge in [0.15, 0.2) is 0 Å². The molecule has 0 unspecified atom stereocenters. The zero-order valence-electron chi connectivity index (χ0n) is 12.3. The van der Waals surface area contributed by atoms with Crippen LogP contribution < -0.4 is 10.4 Å². The average molecular weight is 341 g/mol. The molecule has 1 aliphatic carbocycles. The summed E-state index contributed by atoms with van der Waals surface area (Å²) in [6.07, 6.45) is 0.743. The molecule has 6 heteroatoms. The molecule has 2 atom stereocenters. The van der Waals surface area contributed by atoms with E-state index in [1.165, 1.54) is 0 Å². The summed E-state index contributed by atoms with van der Waals surface area (Å²) >= 11 is 11.8. The number of carboxylic acid groups (broad SMARTS) is 1. The van der Waals surface area contributed by atoms with Gasteiger partial charge in [0.05, 0.1) is 5.92 Å². The topological polar surface area (TPSA) is 69.2 Å². The highest BCUT2D eigenvalue weighted by Gasteiger charge is 2.33. The molecule has 4 nitrogen and oxygen atoms in total. The highest BCUT2D eigenvalue weighted by molar-refractivity contribution is 6.35. The SMILES string of the molecule is CC1=C(C)C[C@@H](C(=O)[O-])[C@@H](C(=O)Nc2cc(Cl)cc(Cl)c2)C1. The molecular weight excluding hydrogens is 325 g/mol. The van der Waals surface area contributed by atoms with Crippen LogP contribution in [-0.2, 0) is 9.59 Å². The van der Waals surface area contributed by atoms with Crippen molar-refractivity contribution >= 4 is 40.8 Å². The highest BCUT2D eigenvalue weighted by Crippen LogP contribution is 2.35. The van der Waals surface area contributed by atoms with Gasteiger partial charge in [0.25, 0.3) is 0 Å². The monoisotopic (exact) mass is 340 g/mol. The van der Waals surface area contributed by atoms with E-state index in [-0.39, 0.29) is 5.91 Å². The van der Waals surface area contributed by atoms with Gasteiger partial charge >= 0.3 is 0 Å². The molecule has 0 spiro atoms. The maximum Gasteiger partial charge on any atom is 0.228 e. The summed E-state index contributed by atoms with van der Waals surface area (Å²) in [7, 11) is 0. The van der Waals surface area contributed by atoms with Crippen LogP contribution in [0, 0.1) is 11.8 Å². The van der Waals surface area contributed by atoms with Crippen LogP contribution in [0.15, 0.2) is 29.3 Å². The quantitative estimate of drug-likeness (QED) is 0.859. The van der Waals surface area contributed by atoms with Gasteiger partial charge in [0, 0.05) is 27.6 Å². The molecule has 0 radical (unpaired) electrons. The van der Waals surface area contributed by atoms with Crippen molar-refractivity contribution in [3.63, 3.8) is 0 Å². The minimum atomic E-state index is -1.20. The number of carbonyl (C=O) groups excluding carboxylic acids is 2. The standard InChI is InChI=1S/C16H17Cl2NO3/c1-8-3-13(14(16(21)22)4-9(8)2)15(20)19-12-6-10(17)5-11(18)7-12/h5-7,13-14H,3-4H2,1-2H3,(H,19,20)(H,21,22)/p-1/t13-,14+/m0/s1. The van der Waals surface area contributed by atoms with Gasteiger partial charge in [-0.1, -0.05) is 34.3 Å². The smallest absolute Gasteiger partial charge is 0.228 e. The number of hydrogen-bond donors (Lipinski definition) is 1. The molecule has 1 aromatic carbocycles. The average Bonchev–Trinajstić information content (AvgIpc) is 2.39. The molecule has 118 valence electrons. The lowest BCUT2D eigenvalue weighted by Gasteiger charge is -2.32. The molecule has 0 fully saturated rings. The first-order chi connectivity index (χ1) is 10.3. The van der Waals surface area contributed by atoms with Crippen LogP contribution in [0.1, 0.15) is 26.7 Å². The van der Waals surface area contributed by atoms with Crippen molar-refractivity contribution in [1.29, 1.82) is 0 Å². The molecule has 0 saturated carbocycles. The molecule has 0 bridgehead atoms. The molecule has 0 aliphatic heterocycles. The normalized spacial score (nSPS) is 21.6. The summed E-state index contributed by atoms with van der Waals surface area (Å²) in [6.45, 7) is 3.80. The van der Waals surface area contributed by atoms with E-state index in [4.69, 9.17) is 23.2 Å². The van der Waals surface area contributed by atoms with E-state index in [0.29, 0.717) is 28.6 Å². The molecule has 1 aliphatic rings. The van der Waals surface area contributed by atoms with Gasteiger partial charge in [-0.3, -0.25) is 4.79 Å². The summed E-state index contributed by atoms with van der Waals surface area (Å²) in [5, 5.41) is 14.8. The zero-order chi connectivity index (χ0) is 16.4. The highest BCUT2D eigenvalue weighted by atomic mass is 35.5. The molecule has 1 N–H and O–H groups in total. The maximum atomic E-state index is 12.4. The second-order valence-electron chi connectivity index (χ2n) is 5.65. The van der Waals surface area contributed by atoms with Crippen molar-refractivity contribution in [2.75, 3.05) is 5.32 Å². The number of nitrogens with one attached hydrogen (secondary N) is 1. The lowest BCUT2D eigenvalue weighted by Crippen LogP contribution is -2.42. The number of carbonyl (C=O) groups is 2. The first-order valence-electron chi connectivity index (χ1n) is 6.91. The van der Waals surface area contributed by atoms with E-state index in [9.17, 15) is 14.7 Å². The number of carboxylic acids is 1. The summed E-state index contributed by atoms with van der Waals surface area (Å²) < 4.78 is 0. The predicted octanol–water partition coefficient (Wildman–Crippen LogP) is 3.04. The largest absolute Gasteiger partial charge is 0.550 e. The second-order valence-corrected chi connectivity index (χ2v) is 6.52. The molecule has 1 aromatic rings. The number of halogens is 2. The Morgan fingerprint density at radius 3 is 2.05 bits per heavy atom. The molecule has 0 heterocycles. The Hall–Kier alpha value is -1.52. The molecule has 22 heavy (non-hydrogen) atoms. The number of anilines is 1. The van der Waals surface area contributed by atoms with Crippen LogP contribution in [0.25, 0.3) is 0 Å². The van der Waals surface area contributed by atoms with E-state index in [2.05, 4.69) is 5.32 Å². The van der Waals surface area contributed by atoms with Crippen LogP contribution in [0.2, 0.25) is 10.0 Å². The van der Waals surface area contributed by atoms with Crippen molar-refractivity contribution in [2.24, 2.45) is 11.8 Å². The first kappa shape index (κ1) is 16.8. The Bertz CT molecular complexity index is 635. The molecule has 0 saturated heterocycles. The molecule has 0 aromatic heterocycles. The van der Waals surface area contributed by atoms with Crippen LogP contribution in [0.5, 0.6) is 0 Å². The van der Waals surface area contributed by atoms with Crippen molar-refractivity contribution in [3.05, 3.63) is 39.4 Å². The van der Waals surface area contributed by atoms with Gasteiger partial charge in [-0.05, 0) is 44.9 Å². The van der Waals surface area contributed by atoms with E-state index in [0.717, 1.165) is 11.1 Å². The van der Waals surface area contributed by atoms with Crippen molar-refractivity contribution < 1.29 is 14.7 Å². The number of allylic oxidation sites excluding steroid dienone is 2. The number of benzene rings is 1. The van der Waals surface area contributed by atoms with Gasteiger partial charge in [-0.25, -0.2) is 0 Å². The van der Waals surface area contributed by atoms with Crippen LogP contribution in [0.3, 0.4) is 0 Å². The summed E-state index contributed by atoms with van der Waals surface area (Å²) in [5.74, 6) is -3.04. The van der Waals surface area contributed by atoms with E-state index >= 15 is 0 Å². The Morgan fingerprint density at radius 1 is 1.05 bits per heavy atom. The summed E-state index contributed by atoms with van der Waals surface area (Å²) in [5.41, 5.74) is 2.49. The van der Waals surface area contributed by atoms with Gasteiger partial charge < -0.3 is 15.2 Å². The first-order valence-corrected chi connectivity index (χ1v) is 7.66. The Labute approximate surface area is 139 Å². The van der Waals surface area contributed by atoms with Gasteiger partial charge in [0.2, 0.25) is 5.91 Å². The number of hydrogen-bond acceptors (Lipinski definition) is 3. The van der Waals surface area contributed by atoms with Gasteiger partial charge in [0.1, 0.15) is 0 Å². The fourth-order valence-electron chi connectivity index (χ4n) is 2.68. The lowest BCUT2D eigenvalue weighted by atomic mass is 9.76.